The second-order valence-electron chi connectivity index (χ2n) is 7.67. The number of amides is 2. The van der Waals surface area contributed by atoms with E-state index in [1.807, 2.05) is 37.3 Å². The predicted molar refractivity (Wildman–Crippen MR) is 108 cm³/mol. The van der Waals surface area contributed by atoms with Crippen molar-refractivity contribution in [1.29, 1.82) is 0 Å². The van der Waals surface area contributed by atoms with E-state index >= 15 is 0 Å². The van der Waals surface area contributed by atoms with Gasteiger partial charge in [-0.2, -0.15) is 5.10 Å². The zero-order valence-electron chi connectivity index (χ0n) is 16.5. The summed E-state index contributed by atoms with van der Waals surface area (Å²) in [4.78, 5) is 24.5. The fourth-order valence-corrected chi connectivity index (χ4v) is 2.77. The number of carbonyl (C=O) groups is 2. The van der Waals surface area contributed by atoms with Crippen LogP contribution in [0.2, 0.25) is 0 Å². The van der Waals surface area contributed by atoms with Crippen LogP contribution in [0.4, 0.5) is 0 Å². The molecule has 0 radical (unpaired) electrons. The van der Waals surface area contributed by atoms with Crippen molar-refractivity contribution in [3.8, 4) is 5.69 Å². The standard InChI is InChI=1S/C22H24N4O2/c1-15-13-14-23-26(15)19-11-7-17(8-12-19)21(28)25-24-20(27)16-5-9-18(10-6-16)22(2,3)4/h5-14H,1-4H3,(H,24,27)(H,25,28). The SMILES string of the molecule is Cc1ccnn1-c1ccc(C(=O)NNC(=O)c2ccc(C(C)(C)C)cc2)cc1. The highest BCUT2D eigenvalue weighted by atomic mass is 16.2. The Balaban J connectivity index is 1.60. The van der Waals surface area contributed by atoms with Crippen molar-refractivity contribution in [2.75, 3.05) is 0 Å². The van der Waals surface area contributed by atoms with E-state index in [1.165, 1.54) is 0 Å². The predicted octanol–water partition coefficient (Wildman–Crippen LogP) is 3.55. The minimum Gasteiger partial charge on any atom is -0.267 e. The third-order valence-electron chi connectivity index (χ3n) is 4.51. The number of aryl methyl sites for hydroxylation is 1. The number of rotatable bonds is 3. The van der Waals surface area contributed by atoms with E-state index in [0.29, 0.717) is 11.1 Å². The van der Waals surface area contributed by atoms with Crippen molar-refractivity contribution in [2.45, 2.75) is 33.1 Å². The summed E-state index contributed by atoms with van der Waals surface area (Å²) in [6.45, 7) is 8.29. The molecule has 6 nitrogen and oxygen atoms in total. The van der Waals surface area contributed by atoms with Gasteiger partial charge in [0.25, 0.3) is 11.8 Å². The topological polar surface area (TPSA) is 76.0 Å². The van der Waals surface area contributed by atoms with Gasteiger partial charge in [-0.15, -0.1) is 0 Å². The molecule has 2 aromatic carbocycles. The van der Waals surface area contributed by atoms with Crippen molar-refractivity contribution in [2.24, 2.45) is 0 Å². The summed E-state index contributed by atoms with van der Waals surface area (Å²) in [6.07, 6.45) is 1.72. The van der Waals surface area contributed by atoms with Crippen LogP contribution in [0.15, 0.2) is 60.8 Å². The lowest BCUT2D eigenvalue weighted by Gasteiger charge is -2.19. The second kappa shape index (κ2) is 7.68. The minimum atomic E-state index is -0.386. The molecule has 0 aliphatic heterocycles. The lowest BCUT2D eigenvalue weighted by atomic mass is 9.87. The van der Waals surface area contributed by atoms with Gasteiger partial charge in [-0.3, -0.25) is 20.4 Å². The van der Waals surface area contributed by atoms with Gasteiger partial charge in [0.2, 0.25) is 0 Å². The summed E-state index contributed by atoms with van der Waals surface area (Å²) in [7, 11) is 0. The molecular formula is C22H24N4O2. The van der Waals surface area contributed by atoms with Crippen molar-refractivity contribution in [3.63, 3.8) is 0 Å². The highest BCUT2D eigenvalue weighted by Gasteiger charge is 2.15. The van der Waals surface area contributed by atoms with Crippen molar-refractivity contribution >= 4 is 11.8 Å². The molecule has 1 aromatic heterocycles. The number of nitrogens with one attached hydrogen (secondary N) is 2. The molecule has 0 fully saturated rings. The number of hydrazine groups is 1. The first-order valence-electron chi connectivity index (χ1n) is 9.08. The Morgan fingerprint density at radius 1 is 0.821 bits per heavy atom. The van der Waals surface area contributed by atoms with Crippen molar-refractivity contribution < 1.29 is 9.59 Å². The quantitative estimate of drug-likeness (QED) is 0.687. The van der Waals surface area contributed by atoms with Gasteiger partial charge in [0.15, 0.2) is 0 Å². The molecule has 3 rings (SSSR count). The number of carbonyl (C=O) groups excluding carboxylic acids is 2. The Kier molecular flexibility index (Phi) is 5.31. The summed E-state index contributed by atoms with van der Waals surface area (Å²) < 4.78 is 1.78. The van der Waals surface area contributed by atoms with E-state index in [-0.39, 0.29) is 17.2 Å². The molecule has 0 atom stereocenters. The normalized spacial score (nSPS) is 11.1. The lowest BCUT2D eigenvalue weighted by Crippen LogP contribution is -2.41. The van der Waals surface area contributed by atoms with Crippen LogP contribution in [0.25, 0.3) is 5.69 Å². The Bertz CT molecular complexity index is 981. The van der Waals surface area contributed by atoms with Crippen LogP contribution in [0.1, 0.15) is 52.7 Å². The van der Waals surface area contributed by atoms with Crippen LogP contribution in [0, 0.1) is 6.92 Å². The molecule has 144 valence electrons. The van der Waals surface area contributed by atoms with Crippen LogP contribution in [0.3, 0.4) is 0 Å². The van der Waals surface area contributed by atoms with Gasteiger partial charge in [0.1, 0.15) is 0 Å². The number of nitrogens with zero attached hydrogens (tertiary/aromatic N) is 2. The third kappa shape index (κ3) is 4.28. The first-order valence-corrected chi connectivity index (χ1v) is 9.08. The van der Waals surface area contributed by atoms with Crippen molar-refractivity contribution in [1.82, 2.24) is 20.6 Å². The largest absolute Gasteiger partial charge is 0.269 e. The van der Waals surface area contributed by atoms with Gasteiger partial charge in [-0.05, 0) is 60.4 Å². The molecule has 0 aliphatic carbocycles. The zero-order chi connectivity index (χ0) is 20.3. The number of hydrogen-bond donors (Lipinski definition) is 2. The Morgan fingerprint density at radius 3 is 1.75 bits per heavy atom. The van der Waals surface area contributed by atoms with E-state index in [0.717, 1.165) is 16.9 Å². The van der Waals surface area contributed by atoms with E-state index in [1.54, 1.807) is 35.1 Å². The summed E-state index contributed by atoms with van der Waals surface area (Å²) in [5, 5.41) is 4.23. The minimum absolute atomic E-state index is 0.0180. The maximum absolute atomic E-state index is 12.3. The van der Waals surface area contributed by atoms with Gasteiger partial charge in [-0.1, -0.05) is 32.9 Å². The van der Waals surface area contributed by atoms with Gasteiger partial charge in [0, 0.05) is 23.0 Å². The molecule has 0 unspecified atom stereocenters. The average molecular weight is 376 g/mol. The van der Waals surface area contributed by atoms with Crippen molar-refractivity contribution in [3.05, 3.63) is 83.2 Å². The molecular weight excluding hydrogens is 352 g/mol. The van der Waals surface area contributed by atoms with Gasteiger partial charge < -0.3 is 0 Å². The average Bonchev–Trinajstić information content (AvgIpc) is 3.11. The third-order valence-corrected chi connectivity index (χ3v) is 4.51. The monoisotopic (exact) mass is 376 g/mol. The summed E-state index contributed by atoms with van der Waals surface area (Å²) >= 11 is 0. The van der Waals surface area contributed by atoms with Gasteiger partial charge in [-0.25, -0.2) is 4.68 Å². The summed E-state index contributed by atoms with van der Waals surface area (Å²) in [5.74, 6) is -0.749. The zero-order valence-corrected chi connectivity index (χ0v) is 16.5. The maximum atomic E-state index is 12.3. The maximum Gasteiger partial charge on any atom is 0.269 e. The van der Waals surface area contributed by atoms with Gasteiger partial charge in [0.05, 0.1) is 5.69 Å². The fourth-order valence-electron chi connectivity index (χ4n) is 2.77. The molecule has 0 saturated heterocycles. The van der Waals surface area contributed by atoms with Crippen LogP contribution in [-0.2, 0) is 5.41 Å². The van der Waals surface area contributed by atoms with E-state index in [4.69, 9.17) is 0 Å². The van der Waals surface area contributed by atoms with Crippen LogP contribution < -0.4 is 10.9 Å². The Hall–Kier alpha value is -3.41. The summed E-state index contributed by atoms with van der Waals surface area (Å²) in [5.41, 5.74) is 8.85. The summed E-state index contributed by atoms with van der Waals surface area (Å²) in [6, 6.07) is 16.3. The molecule has 6 heteroatoms. The fraction of sp³-hybridized carbons (Fsp3) is 0.227. The van der Waals surface area contributed by atoms with Crippen LogP contribution in [0.5, 0.6) is 0 Å². The molecule has 0 aliphatic rings. The molecule has 2 N–H and O–H groups in total. The molecule has 0 saturated carbocycles. The number of benzene rings is 2. The highest BCUT2D eigenvalue weighted by molar-refractivity contribution is 5.99. The second-order valence-corrected chi connectivity index (χ2v) is 7.67. The first kappa shape index (κ1) is 19.4. The number of aromatic nitrogens is 2. The van der Waals surface area contributed by atoms with E-state index in [9.17, 15) is 9.59 Å². The molecule has 3 aromatic rings. The molecule has 2 amide bonds. The Labute approximate surface area is 164 Å². The number of hydrogen-bond acceptors (Lipinski definition) is 3. The van der Waals surface area contributed by atoms with E-state index < -0.39 is 0 Å². The molecule has 28 heavy (non-hydrogen) atoms. The van der Waals surface area contributed by atoms with E-state index in [2.05, 4.69) is 36.7 Å². The highest BCUT2D eigenvalue weighted by Crippen LogP contribution is 2.22. The molecule has 0 spiro atoms. The molecule has 1 heterocycles. The van der Waals surface area contributed by atoms with Crippen LogP contribution in [-0.4, -0.2) is 21.6 Å². The van der Waals surface area contributed by atoms with Gasteiger partial charge >= 0.3 is 0 Å². The Morgan fingerprint density at radius 2 is 1.32 bits per heavy atom. The van der Waals surface area contributed by atoms with Crippen LogP contribution >= 0.6 is 0 Å². The first-order chi connectivity index (χ1) is 13.3. The molecule has 0 bridgehead atoms. The smallest absolute Gasteiger partial charge is 0.267 e. The lowest BCUT2D eigenvalue weighted by molar-refractivity contribution is 0.0846.